The Bertz CT molecular complexity index is 657. The number of ether oxygens (including phenoxy) is 1. The first-order valence-electron chi connectivity index (χ1n) is 7.96. The molecule has 0 saturated carbocycles. The number of benzene rings is 2. The molecule has 1 aliphatic heterocycles. The van der Waals surface area contributed by atoms with Gasteiger partial charge < -0.3 is 10.1 Å². The molecule has 2 atom stereocenters. The van der Waals surface area contributed by atoms with Gasteiger partial charge in [0.2, 0.25) is 0 Å². The summed E-state index contributed by atoms with van der Waals surface area (Å²) in [7, 11) is 0. The summed E-state index contributed by atoms with van der Waals surface area (Å²) >= 11 is 0. The van der Waals surface area contributed by atoms with Gasteiger partial charge in [-0.3, -0.25) is 0 Å². The number of hydrogen-bond donors (Lipinski definition) is 1. The van der Waals surface area contributed by atoms with Crippen LogP contribution in [0, 0.1) is 18.6 Å². The molecule has 0 spiro atoms. The second-order valence-corrected chi connectivity index (χ2v) is 6.08. The van der Waals surface area contributed by atoms with Gasteiger partial charge >= 0.3 is 0 Å². The lowest BCUT2D eigenvalue weighted by molar-refractivity contribution is 0.00675. The first-order chi connectivity index (χ1) is 11.1. The summed E-state index contributed by atoms with van der Waals surface area (Å²) in [5.41, 5.74) is 3.04. The highest BCUT2D eigenvalue weighted by molar-refractivity contribution is 5.31. The van der Waals surface area contributed by atoms with Crippen molar-refractivity contribution >= 4 is 0 Å². The van der Waals surface area contributed by atoms with Gasteiger partial charge in [0, 0.05) is 12.5 Å². The van der Waals surface area contributed by atoms with E-state index in [0.29, 0.717) is 6.61 Å². The standard InChI is InChI=1S/C19H21F2NO/c1-13-10-16(21)6-7-17(13)18-11-22-9-8-19(18)23-12-14-2-4-15(20)5-3-14/h2-7,10,18-19,22H,8-9,11-12H2,1H3. The summed E-state index contributed by atoms with van der Waals surface area (Å²) in [5, 5.41) is 3.39. The van der Waals surface area contributed by atoms with Gasteiger partial charge in [0.15, 0.2) is 0 Å². The molecule has 23 heavy (non-hydrogen) atoms. The first-order valence-corrected chi connectivity index (χ1v) is 7.96. The summed E-state index contributed by atoms with van der Waals surface area (Å²) in [4.78, 5) is 0. The number of rotatable bonds is 4. The molecule has 1 fully saturated rings. The van der Waals surface area contributed by atoms with E-state index in [1.807, 2.05) is 13.0 Å². The minimum atomic E-state index is -0.240. The van der Waals surface area contributed by atoms with Gasteiger partial charge in [-0.25, -0.2) is 8.78 Å². The normalized spacial score (nSPS) is 21.3. The Balaban J connectivity index is 1.72. The molecular weight excluding hydrogens is 296 g/mol. The van der Waals surface area contributed by atoms with Crippen molar-refractivity contribution in [3.8, 4) is 0 Å². The molecule has 122 valence electrons. The fourth-order valence-corrected chi connectivity index (χ4v) is 3.18. The highest BCUT2D eigenvalue weighted by Crippen LogP contribution is 2.29. The molecule has 3 rings (SSSR count). The molecule has 1 N–H and O–H groups in total. The van der Waals surface area contributed by atoms with E-state index in [9.17, 15) is 8.78 Å². The summed E-state index contributed by atoms with van der Waals surface area (Å²) in [5.74, 6) is -0.251. The summed E-state index contributed by atoms with van der Waals surface area (Å²) in [6, 6.07) is 11.3. The summed E-state index contributed by atoms with van der Waals surface area (Å²) < 4.78 is 32.4. The second-order valence-electron chi connectivity index (χ2n) is 6.08. The zero-order valence-corrected chi connectivity index (χ0v) is 13.2. The van der Waals surface area contributed by atoms with Crippen LogP contribution in [0.25, 0.3) is 0 Å². The number of hydrogen-bond acceptors (Lipinski definition) is 2. The van der Waals surface area contributed by atoms with E-state index < -0.39 is 0 Å². The van der Waals surface area contributed by atoms with Gasteiger partial charge in [-0.15, -0.1) is 0 Å². The molecule has 0 radical (unpaired) electrons. The van der Waals surface area contributed by atoms with E-state index in [-0.39, 0.29) is 23.7 Å². The third-order valence-electron chi connectivity index (χ3n) is 4.43. The lowest BCUT2D eigenvalue weighted by atomic mass is 9.86. The predicted molar refractivity (Wildman–Crippen MR) is 86.3 cm³/mol. The monoisotopic (exact) mass is 317 g/mol. The van der Waals surface area contributed by atoms with E-state index in [1.54, 1.807) is 18.2 Å². The Hall–Kier alpha value is -1.78. The molecule has 0 amide bonds. The van der Waals surface area contributed by atoms with Gasteiger partial charge in [0.05, 0.1) is 12.7 Å². The molecule has 0 bridgehead atoms. The lowest BCUT2D eigenvalue weighted by Gasteiger charge is -2.33. The van der Waals surface area contributed by atoms with Crippen LogP contribution in [0.4, 0.5) is 8.78 Å². The SMILES string of the molecule is Cc1cc(F)ccc1C1CNCCC1OCc1ccc(F)cc1. The maximum absolute atomic E-state index is 13.3. The highest BCUT2D eigenvalue weighted by atomic mass is 19.1. The van der Waals surface area contributed by atoms with Gasteiger partial charge in [-0.05, 0) is 60.8 Å². The van der Waals surface area contributed by atoms with Crippen molar-refractivity contribution in [2.24, 2.45) is 0 Å². The maximum atomic E-state index is 13.3. The average Bonchev–Trinajstić information content (AvgIpc) is 2.55. The lowest BCUT2D eigenvalue weighted by Crippen LogP contribution is -2.40. The molecule has 2 unspecified atom stereocenters. The zero-order valence-electron chi connectivity index (χ0n) is 13.2. The van der Waals surface area contributed by atoms with Crippen LogP contribution >= 0.6 is 0 Å². The number of nitrogens with one attached hydrogen (secondary N) is 1. The molecule has 0 aromatic heterocycles. The van der Waals surface area contributed by atoms with E-state index >= 15 is 0 Å². The van der Waals surface area contributed by atoms with Crippen molar-refractivity contribution in [2.75, 3.05) is 13.1 Å². The average molecular weight is 317 g/mol. The minimum Gasteiger partial charge on any atom is -0.373 e. The van der Waals surface area contributed by atoms with Crippen molar-refractivity contribution in [2.45, 2.75) is 32.0 Å². The first kappa shape index (κ1) is 16.1. The number of piperidine rings is 1. The highest BCUT2D eigenvalue weighted by Gasteiger charge is 2.28. The van der Waals surface area contributed by atoms with Crippen LogP contribution in [0.15, 0.2) is 42.5 Å². The van der Waals surface area contributed by atoms with Crippen LogP contribution in [0.5, 0.6) is 0 Å². The van der Waals surface area contributed by atoms with Crippen LogP contribution < -0.4 is 5.32 Å². The summed E-state index contributed by atoms with van der Waals surface area (Å²) in [6.07, 6.45) is 0.980. The minimum absolute atomic E-state index is 0.0745. The van der Waals surface area contributed by atoms with Crippen molar-refractivity contribution in [1.29, 1.82) is 0 Å². The van der Waals surface area contributed by atoms with Crippen molar-refractivity contribution in [1.82, 2.24) is 5.32 Å². The van der Waals surface area contributed by atoms with Gasteiger partial charge in [-0.2, -0.15) is 0 Å². The topological polar surface area (TPSA) is 21.3 Å². The van der Waals surface area contributed by atoms with Crippen LogP contribution in [0.3, 0.4) is 0 Å². The van der Waals surface area contributed by atoms with E-state index in [4.69, 9.17) is 4.74 Å². The molecule has 1 aliphatic rings. The fraction of sp³-hybridized carbons (Fsp3) is 0.368. The smallest absolute Gasteiger partial charge is 0.123 e. The Kier molecular flexibility index (Phi) is 5.03. The van der Waals surface area contributed by atoms with Crippen molar-refractivity contribution in [3.63, 3.8) is 0 Å². The number of aryl methyl sites for hydroxylation is 1. The molecule has 4 heteroatoms. The van der Waals surface area contributed by atoms with Crippen molar-refractivity contribution < 1.29 is 13.5 Å². The Morgan fingerprint density at radius 3 is 2.57 bits per heavy atom. The third-order valence-corrected chi connectivity index (χ3v) is 4.43. The Morgan fingerprint density at radius 2 is 1.83 bits per heavy atom. The molecule has 1 heterocycles. The summed E-state index contributed by atoms with van der Waals surface area (Å²) in [6.45, 7) is 4.12. The molecule has 1 saturated heterocycles. The Labute approximate surface area is 135 Å². The Morgan fingerprint density at radius 1 is 1.09 bits per heavy atom. The second kappa shape index (κ2) is 7.20. The third kappa shape index (κ3) is 3.95. The van der Waals surface area contributed by atoms with Gasteiger partial charge in [0.25, 0.3) is 0 Å². The molecule has 0 aliphatic carbocycles. The fourth-order valence-electron chi connectivity index (χ4n) is 3.18. The van der Waals surface area contributed by atoms with Gasteiger partial charge in [0.1, 0.15) is 11.6 Å². The van der Waals surface area contributed by atoms with E-state index in [0.717, 1.165) is 36.2 Å². The molecule has 2 nitrogen and oxygen atoms in total. The van der Waals surface area contributed by atoms with Crippen LogP contribution in [0.1, 0.15) is 29.0 Å². The zero-order chi connectivity index (χ0) is 16.2. The maximum Gasteiger partial charge on any atom is 0.123 e. The largest absolute Gasteiger partial charge is 0.373 e. The van der Waals surface area contributed by atoms with Crippen LogP contribution in [0.2, 0.25) is 0 Å². The van der Waals surface area contributed by atoms with Crippen molar-refractivity contribution in [3.05, 3.63) is 70.8 Å². The molecule has 2 aromatic rings. The van der Waals surface area contributed by atoms with Gasteiger partial charge in [-0.1, -0.05) is 18.2 Å². The van der Waals surface area contributed by atoms with E-state index in [2.05, 4.69) is 5.32 Å². The molecular formula is C19H21F2NO. The predicted octanol–water partition coefficient (Wildman–Crippen LogP) is 3.94. The van der Waals surface area contributed by atoms with Crippen LogP contribution in [-0.2, 0) is 11.3 Å². The quantitative estimate of drug-likeness (QED) is 0.922. The van der Waals surface area contributed by atoms with Crippen LogP contribution in [-0.4, -0.2) is 19.2 Å². The molecule has 2 aromatic carbocycles. The number of halogens is 2. The van der Waals surface area contributed by atoms with E-state index in [1.165, 1.54) is 18.2 Å².